The minimum absolute atomic E-state index is 0.0292. The van der Waals surface area contributed by atoms with Crippen molar-refractivity contribution < 1.29 is 9.90 Å². The van der Waals surface area contributed by atoms with E-state index >= 15 is 0 Å². The first-order chi connectivity index (χ1) is 13.5. The van der Waals surface area contributed by atoms with E-state index in [4.69, 9.17) is 17.3 Å². The Morgan fingerprint density at radius 3 is 2.79 bits per heavy atom. The second kappa shape index (κ2) is 9.30. The Morgan fingerprint density at radius 2 is 2.07 bits per heavy atom. The van der Waals surface area contributed by atoms with Crippen molar-refractivity contribution >= 4 is 23.2 Å². The predicted octanol–water partition coefficient (Wildman–Crippen LogP) is 4.49. The lowest BCUT2D eigenvalue weighted by Gasteiger charge is -2.26. The summed E-state index contributed by atoms with van der Waals surface area (Å²) < 4.78 is 0. The highest BCUT2D eigenvalue weighted by Gasteiger charge is 2.31. The van der Waals surface area contributed by atoms with Crippen LogP contribution in [0.1, 0.15) is 60.1 Å². The van der Waals surface area contributed by atoms with Crippen LogP contribution in [0.4, 0.5) is 5.69 Å². The number of amides is 1. The van der Waals surface area contributed by atoms with E-state index in [0.717, 1.165) is 31.5 Å². The Bertz CT molecular complexity index is 823. The van der Waals surface area contributed by atoms with E-state index < -0.39 is 0 Å². The molecule has 1 unspecified atom stereocenters. The average molecular weight is 402 g/mol. The molecule has 3 rings (SSSR count). The number of nitrogen functional groups attached to an aromatic ring is 1. The van der Waals surface area contributed by atoms with Crippen molar-refractivity contribution in [2.45, 2.75) is 45.2 Å². The summed E-state index contributed by atoms with van der Waals surface area (Å²) >= 11 is 5.99. The van der Waals surface area contributed by atoms with Gasteiger partial charge < -0.3 is 21.1 Å². The molecule has 28 heavy (non-hydrogen) atoms. The number of anilines is 1. The molecule has 4 N–H and O–H groups in total. The smallest absolute Gasteiger partial charge is 0.256 e. The van der Waals surface area contributed by atoms with Crippen LogP contribution >= 0.6 is 11.6 Å². The van der Waals surface area contributed by atoms with Crippen LogP contribution in [0, 0.1) is 0 Å². The Labute approximate surface area is 171 Å². The summed E-state index contributed by atoms with van der Waals surface area (Å²) in [6.45, 7) is 4.75. The Hall–Kier alpha value is -2.24. The summed E-state index contributed by atoms with van der Waals surface area (Å²) in [4.78, 5) is 14.9. The number of phenolic OH excluding ortho intramolecular Hbond substituents is 1. The number of nitrogens with zero attached hydrogens (tertiary/aromatic N) is 1. The van der Waals surface area contributed by atoms with E-state index in [0.29, 0.717) is 12.1 Å². The van der Waals surface area contributed by atoms with Gasteiger partial charge in [0.1, 0.15) is 5.75 Å². The number of carbonyl (C=O) groups excluding carboxylic acids is 1. The number of likely N-dealkylation sites (tertiary alicyclic amines) is 1. The van der Waals surface area contributed by atoms with E-state index in [1.807, 2.05) is 4.90 Å². The van der Waals surface area contributed by atoms with Crippen LogP contribution in [-0.4, -0.2) is 29.0 Å². The first-order valence-electron chi connectivity index (χ1n) is 9.89. The number of benzene rings is 2. The summed E-state index contributed by atoms with van der Waals surface area (Å²) in [5.41, 5.74) is 8.91. The minimum Gasteiger partial charge on any atom is -0.506 e. The fourth-order valence-corrected chi connectivity index (χ4v) is 3.83. The quantitative estimate of drug-likeness (QED) is 0.471. The summed E-state index contributed by atoms with van der Waals surface area (Å²) in [5, 5.41) is 13.3. The van der Waals surface area contributed by atoms with Crippen LogP contribution in [0.5, 0.6) is 5.75 Å². The van der Waals surface area contributed by atoms with E-state index in [-0.39, 0.29) is 28.4 Å². The first-order valence-corrected chi connectivity index (χ1v) is 10.3. The molecule has 1 fully saturated rings. The second-order valence-electron chi connectivity index (χ2n) is 7.32. The molecule has 0 saturated carbocycles. The summed E-state index contributed by atoms with van der Waals surface area (Å²) in [6.07, 6.45) is 4.24. The van der Waals surface area contributed by atoms with Gasteiger partial charge in [-0.1, -0.05) is 49.2 Å². The summed E-state index contributed by atoms with van der Waals surface area (Å²) in [5.74, 6) is -0.260. The molecule has 2 aromatic rings. The lowest BCUT2D eigenvalue weighted by Crippen LogP contribution is -2.31. The normalized spacial score (nSPS) is 16.5. The number of halogens is 1. The molecule has 0 bridgehead atoms. The Balaban J connectivity index is 1.72. The third-order valence-corrected chi connectivity index (χ3v) is 5.57. The number of rotatable bonds is 7. The van der Waals surface area contributed by atoms with Gasteiger partial charge in [-0.25, -0.2) is 0 Å². The third kappa shape index (κ3) is 4.59. The van der Waals surface area contributed by atoms with E-state index in [1.54, 1.807) is 0 Å². The van der Waals surface area contributed by atoms with Crippen molar-refractivity contribution in [3.05, 3.63) is 58.1 Å². The number of hydrogen-bond acceptors (Lipinski definition) is 4. The number of nitrogens with two attached hydrogens (primary N) is 1. The SMILES string of the molecule is CCCCNCc1ccc(C2CCCN2C(=O)c2cc(Cl)c(O)cc2N)cc1. The zero-order chi connectivity index (χ0) is 20.1. The highest BCUT2D eigenvalue weighted by molar-refractivity contribution is 6.32. The van der Waals surface area contributed by atoms with Gasteiger partial charge in [0.25, 0.3) is 5.91 Å². The average Bonchev–Trinajstić information content (AvgIpc) is 3.18. The molecule has 6 heteroatoms. The molecule has 0 aromatic heterocycles. The Morgan fingerprint density at radius 1 is 1.32 bits per heavy atom. The van der Waals surface area contributed by atoms with E-state index in [2.05, 4.69) is 36.5 Å². The van der Waals surface area contributed by atoms with Crippen molar-refractivity contribution in [3.63, 3.8) is 0 Å². The molecule has 1 atom stereocenters. The van der Waals surface area contributed by atoms with Gasteiger partial charge in [-0.05, 0) is 43.0 Å². The molecule has 2 aromatic carbocycles. The van der Waals surface area contributed by atoms with Gasteiger partial charge in [-0.2, -0.15) is 0 Å². The zero-order valence-corrected chi connectivity index (χ0v) is 17.0. The minimum atomic E-state index is -0.146. The number of phenols is 1. The van der Waals surface area contributed by atoms with Gasteiger partial charge in [0, 0.05) is 24.8 Å². The maximum absolute atomic E-state index is 13.1. The molecule has 0 radical (unpaired) electrons. The second-order valence-corrected chi connectivity index (χ2v) is 7.73. The number of aromatic hydroxyl groups is 1. The predicted molar refractivity (Wildman–Crippen MR) is 114 cm³/mol. The summed E-state index contributed by atoms with van der Waals surface area (Å²) in [6, 6.07) is 11.3. The molecular formula is C22H28ClN3O2. The molecule has 1 heterocycles. The number of unbranched alkanes of at least 4 members (excludes halogenated alkanes) is 1. The highest BCUT2D eigenvalue weighted by Crippen LogP contribution is 2.36. The molecule has 150 valence electrons. The van der Waals surface area contributed by atoms with Crippen molar-refractivity contribution in [2.75, 3.05) is 18.8 Å². The highest BCUT2D eigenvalue weighted by atomic mass is 35.5. The molecule has 1 amide bonds. The van der Waals surface area contributed by atoms with Gasteiger partial charge in [-0.15, -0.1) is 0 Å². The fraction of sp³-hybridized carbons (Fsp3) is 0.409. The maximum atomic E-state index is 13.1. The van der Waals surface area contributed by atoms with Crippen LogP contribution in [-0.2, 0) is 6.54 Å². The van der Waals surface area contributed by atoms with Crippen LogP contribution in [0.25, 0.3) is 0 Å². The molecular weight excluding hydrogens is 374 g/mol. The first kappa shape index (κ1) is 20.5. The van der Waals surface area contributed by atoms with Gasteiger partial charge in [0.2, 0.25) is 0 Å². The van der Waals surface area contributed by atoms with E-state index in [1.165, 1.54) is 30.5 Å². The third-order valence-electron chi connectivity index (χ3n) is 5.26. The molecule has 1 saturated heterocycles. The van der Waals surface area contributed by atoms with Gasteiger partial charge in [-0.3, -0.25) is 4.79 Å². The lowest BCUT2D eigenvalue weighted by molar-refractivity contribution is 0.0736. The fourth-order valence-electron chi connectivity index (χ4n) is 3.67. The van der Waals surface area contributed by atoms with Crippen LogP contribution in [0.15, 0.2) is 36.4 Å². The van der Waals surface area contributed by atoms with Gasteiger partial charge in [0.15, 0.2) is 0 Å². The number of carbonyl (C=O) groups is 1. The molecule has 1 aliphatic heterocycles. The van der Waals surface area contributed by atoms with Crippen molar-refractivity contribution in [1.29, 1.82) is 0 Å². The Kier molecular flexibility index (Phi) is 6.81. The molecule has 0 aliphatic carbocycles. The van der Waals surface area contributed by atoms with Crippen LogP contribution < -0.4 is 11.1 Å². The number of nitrogens with one attached hydrogen (secondary N) is 1. The topological polar surface area (TPSA) is 78.6 Å². The van der Waals surface area contributed by atoms with Gasteiger partial charge in [0.05, 0.1) is 16.6 Å². The van der Waals surface area contributed by atoms with Crippen molar-refractivity contribution in [3.8, 4) is 5.75 Å². The summed E-state index contributed by atoms with van der Waals surface area (Å²) in [7, 11) is 0. The standard InChI is InChI=1S/C22H28ClN3O2/c1-2-3-10-25-14-15-6-8-16(9-7-15)20-5-4-11-26(20)22(28)17-12-18(23)21(27)13-19(17)24/h6-9,12-13,20,25,27H,2-5,10-11,14,24H2,1H3. The lowest BCUT2D eigenvalue weighted by atomic mass is 10.0. The van der Waals surface area contributed by atoms with Crippen LogP contribution in [0.2, 0.25) is 5.02 Å². The number of hydrogen-bond donors (Lipinski definition) is 3. The van der Waals surface area contributed by atoms with Crippen molar-refractivity contribution in [2.24, 2.45) is 0 Å². The maximum Gasteiger partial charge on any atom is 0.256 e. The van der Waals surface area contributed by atoms with Gasteiger partial charge >= 0.3 is 0 Å². The van der Waals surface area contributed by atoms with Crippen molar-refractivity contribution in [1.82, 2.24) is 10.2 Å². The largest absolute Gasteiger partial charge is 0.506 e. The van der Waals surface area contributed by atoms with Crippen LogP contribution in [0.3, 0.4) is 0 Å². The van der Waals surface area contributed by atoms with E-state index in [9.17, 15) is 9.90 Å². The molecule has 5 nitrogen and oxygen atoms in total. The molecule has 0 spiro atoms. The molecule has 1 aliphatic rings. The zero-order valence-electron chi connectivity index (χ0n) is 16.2. The monoisotopic (exact) mass is 401 g/mol.